The Labute approximate surface area is 113 Å². The van der Waals surface area contributed by atoms with Crippen LogP contribution < -0.4 is 10.7 Å². The molecule has 0 aromatic carbocycles. The van der Waals surface area contributed by atoms with Crippen molar-refractivity contribution >= 4 is 27.5 Å². The van der Waals surface area contributed by atoms with Crippen LogP contribution in [0.15, 0.2) is 11.1 Å². The van der Waals surface area contributed by atoms with Gasteiger partial charge in [0.25, 0.3) is 5.56 Å². The number of carboxylic acids is 1. The van der Waals surface area contributed by atoms with Crippen molar-refractivity contribution in [3.8, 4) is 0 Å². The fourth-order valence-electron chi connectivity index (χ4n) is 2.62. The monoisotopic (exact) mass is 277 g/mol. The quantitative estimate of drug-likeness (QED) is 0.793. The van der Waals surface area contributed by atoms with Crippen LogP contribution in [0, 0.1) is 5.92 Å². The number of aliphatic carboxylic acids is 1. The van der Waals surface area contributed by atoms with Crippen molar-refractivity contribution in [2.45, 2.75) is 32.7 Å². The van der Waals surface area contributed by atoms with Crippen LogP contribution in [0.25, 0.3) is 10.2 Å². The molecule has 0 N–H and O–H groups in total. The molecule has 100 valence electrons. The second-order valence-corrected chi connectivity index (χ2v) is 6.17. The molecule has 0 saturated heterocycles. The first kappa shape index (κ1) is 12.3. The lowest BCUT2D eigenvalue weighted by molar-refractivity contribution is -0.306. The van der Waals surface area contributed by atoms with Gasteiger partial charge >= 0.3 is 0 Å². The van der Waals surface area contributed by atoms with E-state index in [1.807, 2.05) is 0 Å². The van der Waals surface area contributed by atoms with Gasteiger partial charge in [0.05, 0.1) is 24.2 Å². The minimum atomic E-state index is -1.28. The van der Waals surface area contributed by atoms with Gasteiger partial charge in [-0.25, -0.2) is 4.98 Å². The molecule has 1 aliphatic carbocycles. The molecule has 0 radical (unpaired) electrons. The lowest BCUT2D eigenvalue weighted by Crippen LogP contribution is -2.33. The zero-order valence-corrected chi connectivity index (χ0v) is 11.3. The van der Waals surface area contributed by atoms with Crippen molar-refractivity contribution in [1.82, 2.24) is 9.55 Å². The van der Waals surface area contributed by atoms with E-state index in [1.165, 1.54) is 11.2 Å². The molecule has 2 heterocycles. The molecular weight excluding hydrogens is 264 g/mol. The average molecular weight is 277 g/mol. The van der Waals surface area contributed by atoms with Crippen LogP contribution in [0.2, 0.25) is 0 Å². The van der Waals surface area contributed by atoms with Crippen molar-refractivity contribution in [3.05, 3.63) is 27.1 Å². The van der Waals surface area contributed by atoms with Crippen molar-refractivity contribution < 1.29 is 9.90 Å². The van der Waals surface area contributed by atoms with Gasteiger partial charge in [-0.15, -0.1) is 11.3 Å². The molecular formula is C13H13N2O3S-. The third kappa shape index (κ3) is 2.06. The molecule has 5 nitrogen and oxygen atoms in total. The molecule has 0 aliphatic heterocycles. The van der Waals surface area contributed by atoms with Crippen LogP contribution in [-0.4, -0.2) is 15.5 Å². The summed E-state index contributed by atoms with van der Waals surface area (Å²) in [4.78, 5) is 29.1. The van der Waals surface area contributed by atoms with Crippen LogP contribution in [0.3, 0.4) is 0 Å². The number of nitrogens with zero attached hydrogens (tertiary/aromatic N) is 2. The summed E-state index contributed by atoms with van der Waals surface area (Å²) in [5.41, 5.74) is 0.810. The van der Waals surface area contributed by atoms with E-state index in [-0.39, 0.29) is 5.56 Å². The van der Waals surface area contributed by atoms with Gasteiger partial charge in [-0.1, -0.05) is 6.92 Å². The number of carbonyl (C=O) groups excluding carboxylic acids is 1. The van der Waals surface area contributed by atoms with Gasteiger partial charge in [0, 0.05) is 4.88 Å². The molecule has 3 rings (SSSR count). The first-order valence-electron chi connectivity index (χ1n) is 6.25. The van der Waals surface area contributed by atoms with Crippen molar-refractivity contribution in [2.24, 2.45) is 5.92 Å². The number of thiophene rings is 1. The van der Waals surface area contributed by atoms with Gasteiger partial charge in [-0.05, 0) is 30.7 Å². The maximum Gasteiger partial charge on any atom is 0.262 e. The van der Waals surface area contributed by atoms with Gasteiger partial charge in [0.2, 0.25) is 0 Å². The number of carbonyl (C=O) groups is 1. The third-order valence-electron chi connectivity index (χ3n) is 3.58. The standard InChI is InChI=1S/C13H14N2O3S/c1-7-2-3-8-9(4-7)19-12-11(8)13(18)15(6-14-12)5-10(16)17/h6-7H,2-5H2,1H3,(H,16,17)/p-1. The highest BCUT2D eigenvalue weighted by atomic mass is 32.1. The first-order chi connectivity index (χ1) is 9.06. The van der Waals surface area contributed by atoms with E-state index < -0.39 is 12.5 Å². The summed E-state index contributed by atoms with van der Waals surface area (Å²) < 4.78 is 1.11. The minimum absolute atomic E-state index is 0.263. The van der Waals surface area contributed by atoms with E-state index in [4.69, 9.17) is 0 Å². The summed E-state index contributed by atoms with van der Waals surface area (Å²) >= 11 is 1.56. The van der Waals surface area contributed by atoms with E-state index in [0.717, 1.165) is 34.2 Å². The van der Waals surface area contributed by atoms with Crippen molar-refractivity contribution in [3.63, 3.8) is 0 Å². The van der Waals surface area contributed by atoms with Gasteiger partial charge in [-0.2, -0.15) is 0 Å². The molecule has 0 amide bonds. The maximum atomic E-state index is 12.3. The number of hydrogen-bond acceptors (Lipinski definition) is 5. The van der Waals surface area contributed by atoms with E-state index in [9.17, 15) is 14.7 Å². The van der Waals surface area contributed by atoms with Gasteiger partial charge in [-0.3, -0.25) is 9.36 Å². The zero-order valence-electron chi connectivity index (χ0n) is 10.5. The second-order valence-electron chi connectivity index (χ2n) is 5.08. The molecule has 1 atom stereocenters. The molecule has 19 heavy (non-hydrogen) atoms. The van der Waals surface area contributed by atoms with Crippen LogP contribution in [0.4, 0.5) is 0 Å². The number of rotatable bonds is 2. The third-order valence-corrected chi connectivity index (χ3v) is 4.74. The molecule has 0 fully saturated rings. The summed E-state index contributed by atoms with van der Waals surface area (Å²) in [6.07, 6.45) is 4.22. The first-order valence-corrected chi connectivity index (χ1v) is 7.07. The van der Waals surface area contributed by atoms with E-state index >= 15 is 0 Å². The Hall–Kier alpha value is -1.69. The lowest BCUT2D eigenvalue weighted by Gasteiger charge is -2.17. The Kier molecular flexibility index (Phi) is 2.89. The molecule has 1 unspecified atom stereocenters. The molecule has 0 spiro atoms. The molecule has 2 aromatic rings. The fourth-order valence-corrected chi connectivity index (χ4v) is 3.96. The van der Waals surface area contributed by atoms with E-state index in [1.54, 1.807) is 11.3 Å². The second kappa shape index (κ2) is 4.45. The molecule has 0 saturated carbocycles. The van der Waals surface area contributed by atoms with Crippen LogP contribution in [-0.2, 0) is 24.2 Å². The Balaban J connectivity index is 2.20. The van der Waals surface area contributed by atoms with Crippen molar-refractivity contribution in [2.75, 3.05) is 0 Å². The molecule has 2 aromatic heterocycles. The van der Waals surface area contributed by atoms with Gasteiger partial charge in [0.1, 0.15) is 4.83 Å². The number of carboxylic acid groups (broad SMARTS) is 1. The summed E-state index contributed by atoms with van der Waals surface area (Å²) in [5, 5.41) is 11.2. The topological polar surface area (TPSA) is 75.0 Å². The summed E-state index contributed by atoms with van der Waals surface area (Å²) in [7, 11) is 0. The SMILES string of the molecule is CC1CCc2c(sc3ncn(CC(=O)[O-])c(=O)c23)C1. The molecule has 1 aliphatic rings. The van der Waals surface area contributed by atoms with Gasteiger partial charge in [0.15, 0.2) is 0 Å². The van der Waals surface area contributed by atoms with Crippen molar-refractivity contribution in [1.29, 1.82) is 0 Å². The zero-order chi connectivity index (χ0) is 13.6. The average Bonchev–Trinajstić information content (AvgIpc) is 2.70. The lowest BCUT2D eigenvalue weighted by atomic mass is 9.89. The van der Waals surface area contributed by atoms with Crippen LogP contribution >= 0.6 is 11.3 Å². The van der Waals surface area contributed by atoms with Crippen LogP contribution in [0.5, 0.6) is 0 Å². The molecule has 0 bridgehead atoms. The fraction of sp³-hybridized carbons (Fsp3) is 0.462. The number of aryl methyl sites for hydroxylation is 1. The highest BCUT2D eigenvalue weighted by Crippen LogP contribution is 2.35. The van der Waals surface area contributed by atoms with Gasteiger partial charge < -0.3 is 9.90 Å². The number of fused-ring (bicyclic) bond motifs is 3. The Morgan fingerprint density at radius 3 is 3.16 bits per heavy atom. The highest BCUT2D eigenvalue weighted by molar-refractivity contribution is 7.18. The minimum Gasteiger partial charge on any atom is -0.548 e. The van der Waals surface area contributed by atoms with Crippen LogP contribution in [0.1, 0.15) is 23.8 Å². The Morgan fingerprint density at radius 1 is 1.63 bits per heavy atom. The maximum absolute atomic E-state index is 12.3. The number of aromatic nitrogens is 2. The Morgan fingerprint density at radius 2 is 2.42 bits per heavy atom. The largest absolute Gasteiger partial charge is 0.548 e. The highest BCUT2D eigenvalue weighted by Gasteiger charge is 2.22. The predicted molar refractivity (Wildman–Crippen MR) is 70.1 cm³/mol. The number of hydrogen-bond donors (Lipinski definition) is 0. The van der Waals surface area contributed by atoms with E-state index in [0.29, 0.717) is 11.3 Å². The predicted octanol–water partition coefficient (Wildman–Crippen LogP) is 0.333. The smallest absolute Gasteiger partial charge is 0.262 e. The van der Waals surface area contributed by atoms with E-state index in [2.05, 4.69) is 11.9 Å². The summed E-state index contributed by atoms with van der Waals surface area (Å²) in [5.74, 6) is -0.646. The summed E-state index contributed by atoms with van der Waals surface area (Å²) in [6.45, 7) is 1.76. The molecule has 6 heteroatoms. The summed E-state index contributed by atoms with van der Waals surface area (Å²) in [6, 6.07) is 0. The normalized spacial score (nSPS) is 18.5. The Bertz CT molecular complexity index is 716.